The highest BCUT2D eigenvalue weighted by molar-refractivity contribution is 6.11. The van der Waals surface area contributed by atoms with Crippen LogP contribution < -0.4 is 0 Å². The molecule has 2 heterocycles. The van der Waals surface area contributed by atoms with Crippen LogP contribution in [0.1, 0.15) is 0 Å². The second kappa shape index (κ2) is 9.86. The lowest BCUT2D eigenvalue weighted by atomic mass is 9.97. The molecule has 0 unspecified atom stereocenters. The number of benzene rings is 7. The number of fused-ring (bicyclic) bond motifs is 6. The Morgan fingerprint density at radius 2 is 0.886 bits per heavy atom. The lowest BCUT2D eigenvalue weighted by molar-refractivity contribution is 0.669. The normalized spacial score (nSPS) is 11.6. The molecule has 2 heteroatoms. The average molecular weight is 562 g/mol. The predicted octanol–water partition coefficient (Wildman–Crippen LogP) is 11.7. The predicted molar refractivity (Wildman–Crippen MR) is 184 cm³/mol. The van der Waals surface area contributed by atoms with Gasteiger partial charge in [0.05, 0.1) is 11.0 Å². The lowest BCUT2D eigenvalue weighted by Gasteiger charge is -2.11. The highest BCUT2D eigenvalue weighted by Crippen LogP contribution is 2.37. The molecule has 2 aromatic heterocycles. The van der Waals surface area contributed by atoms with Gasteiger partial charge >= 0.3 is 0 Å². The molecule has 0 aliphatic carbocycles. The zero-order valence-corrected chi connectivity index (χ0v) is 23.9. The molecule has 7 aromatic carbocycles. The summed E-state index contributed by atoms with van der Waals surface area (Å²) in [5.74, 6) is 0. The number of furan rings is 1. The summed E-state index contributed by atoms with van der Waals surface area (Å²) in [7, 11) is 0. The summed E-state index contributed by atoms with van der Waals surface area (Å²) in [5.41, 5.74) is 12.6. The monoisotopic (exact) mass is 561 g/mol. The maximum atomic E-state index is 6.07. The highest BCUT2D eigenvalue weighted by atomic mass is 16.3. The zero-order chi connectivity index (χ0) is 29.0. The Morgan fingerprint density at radius 3 is 1.73 bits per heavy atom. The zero-order valence-electron chi connectivity index (χ0n) is 23.9. The van der Waals surface area contributed by atoms with Gasteiger partial charge in [0.1, 0.15) is 11.2 Å². The van der Waals surface area contributed by atoms with Crippen molar-refractivity contribution in [1.29, 1.82) is 0 Å². The van der Waals surface area contributed by atoms with Crippen LogP contribution in [0.5, 0.6) is 0 Å². The minimum absolute atomic E-state index is 0.919. The van der Waals surface area contributed by atoms with Gasteiger partial charge in [-0.2, -0.15) is 0 Å². The van der Waals surface area contributed by atoms with Crippen molar-refractivity contribution in [3.8, 4) is 39.1 Å². The molecule has 0 aliphatic heterocycles. The van der Waals surface area contributed by atoms with Crippen molar-refractivity contribution in [2.24, 2.45) is 0 Å². The van der Waals surface area contributed by atoms with Gasteiger partial charge in [-0.25, -0.2) is 0 Å². The first kappa shape index (κ1) is 24.7. The van der Waals surface area contributed by atoms with Gasteiger partial charge < -0.3 is 8.98 Å². The highest BCUT2D eigenvalue weighted by Gasteiger charge is 2.14. The molecule has 0 saturated heterocycles. The minimum atomic E-state index is 0.919. The van der Waals surface area contributed by atoms with Crippen LogP contribution in [0.25, 0.3) is 82.8 Å². The van der Waals surface area contributed by atoms with E-state index in [9.17, 15) is 0 Å². The Hall–Kier alpha value is -5.86. The van der Waals surface area contributed by atoms with Crippen molar-refractivity contribution in [1.82, 2.24) is 4.57 Å². The van der Waals surface area contributed by atoms with E-state index in [0.717, 1.165) is 27.6 Å². The minimum Gasteiger partial charge on any atom is -0.456 e. The number of nitrogens with zero attached hydrogens (tertiary/aromatic N) is 1. The summed E-state index contributed by atoms with van der Waals surface area (Å²) in [6, 6.07) is 58.6. The maximum absolute atomic E-state index is 6.07. The van der Waals surface area contributed by atoms with Crippen LogP contribution in [-0.4, -0.2) is 4.57 Å². The molecule has 206 valence electrons. The van der Waals surface area contributed by atoms with Crippen molar-refractivity contribution >= 4 is 43.7 Å². The Balaban J connectivity index is 1.16. The first-order valence-electron chi connectivity index (χ1n) is 15.0. The van der Waals surface area contributed by atoms with Gasteiger partial charge in [0.25, 0.3) is 0 Å². The fourth-order valence-electron chi connectivity index (χ4n) is 6.67. The third-order valence-electron chi connectivity index (χ3n) is 8.79. The van der Waals surface area contributed by atoms with E-state index in [4.69, 9.17) is 4.42 Å². The van der Waals surface area contributed by atoms with E-state index in [0.29, 0.717) is 0 Å². The van der Waals surface area contributed by atoms with Gasteiger partial charge in [0.2, 0.25) is 0 Å². The van der Waals surface area contributed by atoms with Crippen molar-refractivity contribution in [3.63, 3.8) is 0 Å². The summed E-state index contributed by atoms with van der Waals surface area (Å²) in [6.45, 7) is 0. The molecule has 0 N–H and O–H groups in total. The van der Waals surface area contributed by atoms with Crippen LogP contribution in [0, 0.1) is 0 Å². The van der Waals surface area contributed by atoms with E-state index in [1.165, 1.54) is 55.2 Å². The van der Waals surface area contributed by atoms with Gasteiger partial charge in [0, 0.05) is 27.2 Å². The molecule has 0 spiro atoms. The van der Waals surface area contributed by atoms with Crippen LogP contribution in [-0.2, 0) is 0 Å². The molecule has 0 amide bonds. The number of rotatable bonds is 4. The van der Waals surface area contributed by atoms with Crippen LogP contribution in [0.2, 0.25) is 0 Å². The Kier molecular flexibility index (Phi) is 5.54. The van der Waals surface area contributed by atoms with E-state index in [2.05, 4.69) is 156 Å². The van der Waals surface area contributed by atoms with Crippen molar-refractivity contribution in [2.75, 3.05) is 0 Å². The third kappa shape index (κ3) is 3.96. The number of hydrogen-bond acceptors (Lipinski definition) is 1. The summed E-state index contributed by atoms with van der Waals surface area (Å²) in [5, 5.41) is 4.80. The molecule has 9 rings (SSSR count). The van der Waals surface area contributed by atoms with Crippen LogP contribution in [0.4, 0.5) is 0 Å². The largest absolute Gasteiger partial charge is 0.456 e. The molecule has 0 radical (unpaired) electrons. The lowest BCUT2D eigenvalue weighted by Crippen LogP contribution is -1.94. The molecule has 0 bridgehead atoms. The van der Waals surface area contributed by atoms with Gasteiger partial charge in [-0.05, 0) is 88.0 Å². The second-order valence-corrected chi connectivity index (χ2v) is 11.4. The van der Waals surface area contributed by atoms with Crippen molar-refractivity contribution in [2.45, 2.75) is 0 Å². The smallest absolute Gasteiger partial charge is 0.135 e. The topological polar surface area (TPSA) is 18.1 Å². The Bertz CT molecular complexity index is 2500. The van der Waals surface area contributed by atoms with Gasteiger partial charge in [-0.3, -0.25) is 0 Å². The van der Waals surface area contributed by atoms with Crippen LogP contribution in [0.15, 0.2) is 168 Å². The molecule has 0 saturated carbocycles. The van der Waals surface area contributed by atoms with Gasteiger partial charge in [-0.15, -0.1) is 0 Å². The molecular formula is C42H27NO. The summed E-state index contributed by atoms with van der Waals surface area (Å²) in [6.07, 6.45) is 0. The summed E-state index contributed by atoms with van der Waals surface area (Å²) >= 11 is 0. The fourth-order valence-corrected chi connectivity index (χ4v) is 6.67. The fraction of sp³-hybridized carbons (Fsp3) is 0. The molecule has 0 aliphatic rings. The standard InChI is InChI=1S/C42H27NO/c1-2-10-28(11-3-1)31-14-9-15-34(25-31)43-39-18-6-4-16-35(39)37-26-32(20-22-40(37)43)29-12-8-13-30(24-29)33-21-23-42-38(27-33)36-17-5-7-19-41(36)44-42/h1-27H. The first-order chi connectivity index (χ1) is 21.8. The summed E-state index contributed by atoms with van der Waals surface area (Å²) < 4.78 is 8.46. The van der Waals surface area contributed by atoms with E-state index >= 15 is 0 Å². The van der Waals surface area contributed by atoms with E-state index < -0.39 is 0 Å². The van der Waals surface area contributed by atoms with E-state index in [1.807, 2.05) is 12.1 Å². The number of para-hydroxylation sites is 2. The van der Waals surface area contributed by atoms with E-state index in [1.54, 1.807) is 0 Å². The van der Waals surface area contributed by atoms with Crippen LogP contribution in [0.3, 0.4) is 0 Å². The second-order valence-electron chi connectivity index (χ2n) is 11.4. The maximum Gasteiger partial charge on any atom is 0.135 e. The Morgan fingerprint density at radius 1 is 0.318 bits per heavy atom. The summed E-state index contributed by atoms with van der Waals surface area (Å²) in [4.78, 5) is 0. The average Bonchev–Trinajstić information content (AvgIpc) is 3.64. The molecular weight excluding hydrogens is 534 g/mol. The quantitative estimate of drug-likeness (QED) is 0.209. The number of aromatic nitrogens is 1. The van der Waals surface area contributed by atoms with Crippen LogP contribution >= 0.6 is 0 Å². The molecule has 0 atom stereocenters. The van der Waals surface area contributed by atoms with Gasteiger partial charge in [-0.1, -0.05) is 109 Å². The number of hydrogen-bond donors (Lipinski definition) is 0. The molecule has 44 heavy (non-hydrogen) atoms. The molecule has 0 fully saturated rings. The van der Waals surface area contributed by atoms with Gasteiger partial charge in [0.15, 0.2) is 0 Å². The third-order valence-corrected chi connectivity index (χ3v) is 8.79. The van der Waals surface area contributed by atoms with Crippen molar-refractivity contribution < 1.29 is 4.42 Å². The SMILES string of the molecule is c1ccc(-c2cccc(-n3c4ccccc4c4cc(-c5cccc(-c6ccc7oc8ccccc8c7c6)c5)ccc43)c2)cc1. The first-order valence-corrected chi connectivity index (χ1v) is 15.0. The molecule has 2 nitrogen and oxygen atoms in total. The Labute approximate surface area is 255 Å². The van der Waals surface area contributed by atoms with E-state index in [-0.39, 0.29) is 0 Å². The van der Waals surface area contributed by atoms with Crippen molar-refractivity contribution in [3.05, 3.63) is 164 Å². The molecule has 9 aromatic rings.